The maximum absolute atomic E-state index is 6.24. The number of benzene rings is 2. The Bertz CT molecular complexity index is 1020. The zero-order valence-electron chi connectivity index (χ0n) is 14.6. The minimum atomic E-state index is 0.585. The summed E-state index contributed by atoms with van der Waals surface area (Å²) in [6, 6.07) is 17.4. The summed E-state index contributed by atoms with van der Waals surface area (Å²) in [6.07, 6.45) is 1.90. The number of aryl methyl sites for hydroxylation is 1. The molecule has 4 aromatic rings. The maximum Gasteiger partial charge on any atom is 0.135 e. The van der Waals surface area contributed by atoms with Gasteiger partial charge in [0.1, 0.15) is 17.3 Å². The van der Waals surface area contributed by atoms with Crippen molar-refractivity contribution in [3.05, 3.63) is 76.2 Å². The number of nitrogens with zero attached hydrogens (tertiary/aromatic N) is 1. The van der Waals surface area contributed by atoms with E-state index in [0.29, 0.717) is 16.6 Å². The Morgan fingerprint density at radius 2 is 1.93 bits per heavy atom. The van der Waals surface area contributed by atoms with E-state index >= 15 is 0 Å². The summed E-state index contributed by atoms with van der Waals surface area (Å²) in [4.78, 5) is 7.95. The Morgan fingerprint density at radius 1 is 1.04 bits per heavy atom. The van der Waals surface area contributed by atoms with E-state index in [1.807, 2.05) is 42.5 Å². The second kappa shape index (κ2) is 8.17. The van der Waals surface area contributed by atoms with Gasteiger partial charge >= 0.3 is 0 Å². The highest BCUT2D eigenvalue weighted by atomic mass is 35.5. The highest BCUT2D eigenvalue weighted by molar-refractivity contribution is 6.36. The molecule has 0 amide bonds. The first-order valence-electron chi connectivity index (χ1n) is 8.87. The van der Waals surface area contributed by atoms with Crippen LogP contribution in [0.2, 0.25) is 10.0 Å². The van der Waals surface area contributed by atoms with Crippen molar-refractivity contribution >= 4 is 34.2 Å². The van der Waals surface area contributed by atoms with Crippen molar-refractivity contribution < 1.29 is 4.42 Å². The molecule has 4 rings (SSSR count). The predicted molar refractivity (Wildman–Crippen MR) is 110 cm³/mol. The van der Waals surface area contributed by atoms with Crippen molar-refractivity contribution in [3.8, 4) is 11.3 Å². The molecule has 0 fully saturated rings. The summed E-state index contributed by atoms with van der Waals surface area (Å²) in [5.41, 5.74) is 2.95. The molecule has 0 spiro atoms. The first-order valence-corrected chi connectivity index (χ1v) is 9.63. The van der Waals surface area contributed by atoms with E-state index in [-0.39, 0.29) is 0 Å². The van der Waals surface area contributed by atoms with E-state index in [2.05, 4.69) is 15.3 Å². The van der Waals surface area contributed by atoms with E-state index in [1.165, 1.54) is 0 Å². The van der Waals surface area contributed by atoms with Crippen LogP contribution in [0.3, 0.4) is 0 Å². The maximum atomic E-state index is 6.24. The van der Waals surface area contributed by atoms with Crippen LogP contribution in [-0.2, 0) is 13.0 Å². The molecule has 6 heteroatoms. The molecule has 2 aromatic carbocycles. The third kappa shape index (κ3) is 4.35. The van der Waals surface area contributed by atoms with Gasteiger partial charge in [0.15, 0.2) is 0 Å². The highest BCUT2D eigenvalue weighted by Crippen LogP contribution is 2.31. The summed E-state index contributed by atoms with van der Waals surface area (Å²) in [7, 11) is 0. The number of aromatic amines is 1. The molecule has 0 saturated carbocycles. The van der Waals surface area contributed by atoms with E-state index in [9.17, 15) is 0 Å². The van der Waals surface area contributed by atoms with Gasteiger partial charge in [-0.3, -0.25) is 0 Å². The van der Waals surface area contributed by atoms with Gasteiger partial charge in [0.05, 0.1) is 22.6 Å². The molecule has 2 aromatic heterocycles. The number of halogens is 2. The number of hydrogen-bond acceptors (Lipinski definition) is 3. The van der Waals surface area contributed by atoms with Gasteiger partial charge in [-0.2, -0.15) is 0 Å². The van der Waals surface area contributed by atoms with Crippen LogP contribution in [0.4, 0.5) is 0 Å². The third-order valence-electron chi connectivity index (χ3n) is 4.36. The SMILES string of the molecule is Clc1ccc(-c2ccc(CNCCCc3nc4ccccc4[nH]3)o2)c(Cl)c1. The van der Waals surface area contributed by atoms with Crippen LogP contribution in [0.1, 0.15) is 18.0 Å². The Labute approximate surface area is 167 Å². The molecule has 27 heavy (non-hydrogen) atoms. The minimum absolute atomic E-state index is 0.585. The molecule has 0 atom stereocenters. The van der Waals surface area contributed by atoms with Crippen LogP contribution in [0.15, 0.2) is 59.0 Å². The lowest BCUT2D eigenvalue weighted by Gasteiger charge is -2.03. The first-order chi connectivity index (χ1) is 13.2. The van der Waals surface area contributed by atoms with Crippen LogP contribution >= 0.6 is 23.2 Å². The number of hydrogen-bond donors (Lipinski definition) is 2. The lowest BCUT2D eigenvalue weighted by atomic mass is 10.2. The van der Waals surface area contributed by atoms with E-state index < -0.39 is 0 Å². The highest BCUT2D eigenvalue weighted by Gasteiger charge is 2.09. The lowest BCUT2D eigenvalue weighted by molar-refractivity contribution is 0.491. The number of rotatable bonds is 7. The van der Waals surface area contributed by atoms with Crippen LogP contribution in [0.25, 0.3) is 22.4 Å². The van der Waals surface area contributed by atoms with Gasteiger partial charge in [-0.15, -0.1) is 0 Å². The summed E-state index contributed by atoms with van der Waals surface area (Å²) in [5.74, 6) is 2.64. The summed E-state index contributed by atoms with van der Waals surface area (Å²) in [5, 5.41) is 4.60. The van der Waals surface area contributed by atoms with Crippen LogP contribution < -0.4 is 5.32 Å². The second-order valence-corrected chi connectivity index (χ2v) is 7.21. The van der Waals surface area contributed by atoms with Gasteiger partial charge in [0.2, 0.25) is 0 Å². The number of furan rings is 1. The molecule has 0 aliphatic carbocycles. The van der Waals surface area contributed by atoms with Crippen molar-refractivity contribution in [1.82, 2.24) is 15.3 Å². The Kier molecular flexibility index (Phi) is 5.48. The molecule has 0 aliphatic heterocycles. The summed E-state index contributed by atoms with van der Waals surface area (Å²) >= 11 is 12.2. The van der Waals surface area contributed by atoms with E-state index in [0.717, 1.165) is 53.3 Å². The number of aromatic nitrogens is 2. The van der Waals surface area contributed by atoms with Gasteiger partial charge in [-0.05, 0) is 55.4 Å². The number of para-hydroxylation sites is 2. The number of H-pyrrole nitrogens is 1. The zero-order valence-corrected chi connectivity index (χ0v) is 16.1. The molecule has 0 radical (unpaired) electrons. The molecule has 0 saturated heterocycles. The van der Waals surface area contributed by atoms with Gasteiger partial charge in [-0.25, -0.2) is 4.98 Å². The Hall–Kier alpha value is -2.27. The average Bonchev–Trinajstić information content (AvgIpc) is 3.28. The third-order valence-corrected chi connectivity index (χ3v) is 4.91. The molecule has 2 heterocycles. The second-order valence-electron chi connectivity index (χ2n) is 6.37. The number of fused-ring (bicyclic) bond motifs is 1. The fourth-order valence-electron chi connectivity index (χ4n) is 3.02. The molecule has 4 nitrogen and oxygen atoms in total. The largest absolute Gasteiger partial charge is 0.460 e. The van der Waals surface area contributed by atoms with Crippen LogP contribution in [0, 0.1) is 0 Å². The number of nitrogens with one attached hydrogen (secondary N) is 2. The van der Waals surface area contributed by atoms with Crippen molar-refractivity contribution in [1.29, 1.82) is 0 Å². The monoisotopic (exact) mass is 399 g/mol. The number of imidazole rings is 1. The Balaban J connectivity index is 1.26. The topological polar surface area (TPSA) is 53.9 Å². The fraction of sp³-hybridized carbons (Fsp3) is 0.190. The quantitative estimate of drug-likeness (QED) is 0.383. The lowest BCUT2D eigenvalue weighted by Crippen LogP contribution is -2.15. The van der Waals surface area contributed by atoms with Gasteiger partial charge in [0.25, 0.3) is 0 Å². The summed E-state index contributed by atoms with van der Waals surface area (Å²) in [6.45, 7) is 1.56. The molecule has 0 unspecified atom stereocenters. The van der Waals surface area contributed by atoms with Crippen molar-refractivity contribution in [2.24, 2.45) is 0 Å². The molecule has 2 N–H and O–H groups in total. The van der Waals surface area contributed by atoms with Crippen molar-refractivity contribution in [3.63, 3.8) is 0 Å². The zero-order chi connectivity index (χ0) is 18.6. The standard InChI is InChI=1S/C21H19Cl2N3O/c22-14-7-9-16(17(23)12-14)20-10-8-15(27-20)13-24-11-3-6-21-25-18-4-1-2-5-19(18)26-21/h1-2,4-5,7-10,12,24H,3,6,11,13H2,(H,25,26). The average molecular weight is 400 g/mol. The van der Waals surface area contributed by atoms with Crippen LogP contribution in [-0.4, -0.2) is 16.5 Å². The van der Waals surface area contributed by atoms with Gasteiger partial charge in [-0.1, -0.05) is 35.3 Å². The van der Waals surface area contributed by atoms with E-state index in [1.54, 1.807) is 12.1 Å². The first kappa shape index (κ1) is 18.1. The molecule has 0 bridgehead atoms. The van der Waals surface area contributed by atoms with Gasteiger partial charge < -0.3 is 14.7 Å². The predicted octanol–water partition coefficient (Wildman–Crippen LogP) is 5.85. The van der Waals surface area contributed by atoms with Crippen molar-refractivity contribution in [2.75, 3.05) is 6.54 Å². The van der Waals surface area contributed by atoms with Crippen LogP contribution in [0.5, 0.6) is 0 Å². The molecule has 138 valence electrons. The fourth-order valence-corrected chi connectivity index (χ4v) is 3.53. The normalized spacial score (nSPS) is 11.3. The summed E-state index contributed by atoms with van der Waals surface area (Å²) < 4.78 is 5.89. The Morgan fingerprint density at radius 3 is 2.78 bits per heavy atom. The van der Waals surface area contributed by atoms with Crippen molar-refractivity contribution in [2.45, 2.75) is 19.4 Å². The van der Waals surface area contributed by atoms with Gasteiger partial charge in [0, 0.05) is 17.0 Å². The van der Waals surface area contributed by atoms with E-state index in [4.69, 9.17) is 27.6 Å². The molecular formula is C21H19Cl2N3O. The molecule has 0 aliphatic rings. The minimum Gasteiger partial charge on any atom is -0.460 e. The smallest absolute Gasteiger partial charge is 0.135 e. The molecular weight excluding hydrogens is 381 g/mol.